The van der Waals surface area contributed by atoms with E-state index in [0.29, 0.717) is 26.5 Å². The summed E-state index contributed by atoms with van der Waals surface area (Å²) in [5.74, 6) is -0.745. The van der Waals surface area contributed by atoms with Gasteiger partial charge in [0.05, 0.1) is 23.7 Å². The summed E-state index contributed by atoms with van der Waals surface area (Å²) in [7, 11) is 0. The van der Waals surface area contributed by atoms with E-state index in [1.54, 1.807) is 24.3 Å². The zero-order chi connectivity index (χ0) is 21.8. The van der Waals surface area contributed by atoms with Gasteiger partial charge in [-0.25, -0.2) is 4.98 Å². The van der Waals surface area contributed by atoms with Gasteiger partial charge in [-0.1, -0.05) is 48.0 Å². The number of thiophene rings is 1. The fourth-order valence-electron chi connectivity index (χ4n) is 3.31. The van der Waals surface area contributed by atoms with Crippen LogP contribution in [0.5, 0.6) is 0 Å². The highest BCUT2D eigenvalue weighted by Gasteiger charge is 2.17. The number of nitrogens with one attached hydrogen (secondary N) is 1. The minimum absolute atomic E-state index is 0.113. The number of anilines is 1. The maximum Gasteiger partial charge on any atom is 0.262 e. The highest BCUT2D eigenvalue weighted by Crippen LogP contribution is 2.31. The van der Waals surface area contributed by atoms with Gasteiger partial charge in [-0.15, -0.1) is 11.3 Å². The van der Waals surface area contributed by atoms with Crippen LogP contribution >= 0.6 is 22.9 Å². The van der Waals surface area contributed by atoms with E-state index < -0.39 is 5.92 Å². The lowest BCUT2D eigenvalue weighted by Gasteiger charge is -2.13. The fourth-order valence-corrected chi connectivity index (χ4v) is 4.32. The standard InChI is InChI=1S/C23H17ClN4O2S/c24-20-12-16(6-7-17(20)19(13-25)15-4-2-1-3-5-15)27-21(29)8-10-28-14-26-22-18(23(28)30)9-11-31-22/h1-7,9,11-12,14,19H,8,10H2,(H,27,29). The molecule has 4 rings (SSSR count). The largest absolute Gasteiger partial charge is 0.326 e. The monoisotopic (exact) mass is 448 g/mol. The second-order valence-electron chi connectivity index (χ2n) is 6.89. The smallest absolute Gasteiger partial charge is 0.262 e. The van der Waals surface area contributed by atoms with Gasteiger partial charge in [-0.2, -0.15) is 5.26 Å². The third kappa shape index (κ3) is 4.50. The van der Waals surface area contributed by atoms with Crippen LogP contribution in [0.15, 0.2) is 71.1 Å². The number of halogens is 1. The average molecular weight is 449 g/mol. The predicted octanol–water partition coefficient (Wildman–Crippen LogP) is 4.80. The molecule has 0 aliphatic heterocycles. The molecule has 0 saturated carbocycles. The Morgan fingerprint density at radius 1 is 1.23 bits per heavy atom. The molecule has 0 bridgehead atoms. The van der Waals surface area contributed by atoms with Crippen molar-refractivity contribution in [1.82, 2.24) is 9.55 Å². The van der Waals surface area contributed by atoms with Gasteiger partial charge in [0, 0.05) is 23.7 Å². The highest BCUT2D eigenvalue weighted by atomic mass is 35.5. The van der Waals surface area contributed by atoms with Crippen LogP contribution in [0.1, 0.15) is 23.5 Å². The van der Waals surface area contributed by atoms with Crippen LogP contribution in [0.2, 0.25) is 5.02 Å². The average Bonchev–Trinajstić information content (AvgIpc) is 3.26. The minimum atomic E-state index is -0.496. The number of fused-ring (bicyclic) bond motifs is 1. The first-order valence-electron chi connectivity index (χ1n) is 9.53. The van der Waals surface area contributed by atoms with Crippen LogP contribution in [-0.2, 0) is 11.3 Å². The third-order valence-electron chi connectivity index (χ3n) is 4.89. The molecule has 1 unspecified atom stereocenters. The van der Waals surface area contributed by atoms with Crippen molar-refractivity contribution in [3.8, 4) is 6.07 Å². The number of aromatic nitrogens is 2. The Balaban J connectivity index is 1.44. The Morgan fingerprint density at radius 3 is 2.77 bits per heavy atom. The van der Waals surface area contributed by atoms with Crippen molar-refractivity contribution in [3.05, 3.63) is 92.8 Å². The number of aryl methyl sites for hydroxylation is 1. The molecule has 0 spiro atoms. The first kappa shape index (κ1) is 20.8. The van der Waals surface area contributed by atoms with Crippen molar-refractivity contribution in [2.24, 2.45) is 0 Å². The van der Waals surface area contributed by atoms with Gasteiger partial charge in [0.1, 0.15) is 4.83 Å². The summed E-state index contributed by atoms with van der Waals surface area (Å²) in [6.45, 7) is 0.222. The topological polar surface area (TPSA) is 87.8 Å². The molecule has 154 valence electrons. The maximum absolute atomic E-state index is 12.4. The number of nitrogens with zero attached hydrogens (tertiary/aromatic N) is 3. The quantitative estimate of drug-likeness (QED) is 0.459. The maximum atomic E-state index is 12.4. The Labute approximate surface area is 187 Å². The SMILES string of the molecule is N#CC(c1ccccc1)c1ccc(NC(=O)CCn2cnc3sccc3c2=O)cc1Cl. The van der Waals surface area contributed by atoms with Gasteiger partial charge >= 0.3 is 0 Å². The number of amides is 1. The van der Waals surface area contributed by atoms with Crippen LogP contribution in [0.4, 0.5) is 5.69 Å². The molecular weight excluding hydrogens is 432 g/mol. The Hall–Kier alpha value is -3.47. The van der Waals surface area contributed by atoms with E-state index in [0.717, 1.165) is 5.56 Å². The summed E-state index contributed by atoms with van der Waals surface area (Å²) < 4.78 is 1.43. The molecule has 1 amide bonds. The summed E-state index contributed by atoms with van der Waals surface area (Å²) in [5.41, 5.74) is 1.90. The van der Waals surface area contributed by atoms with Crippen molar-refractivity contribution < 1.29 is 4.79 Å². The van der Waals surface area contributed by atoms with Crippen LogP contribution in [0.25, 0.3) is 10.2 Å². The number of carbonyl (C=O) groups excluding carboxylic acids is 1. The van der Waals surface area contributed by atoms with Gasteiger partial charge in [-0.3, -0.25) is 14.2 Å². The van der Waals surface area contributed by atoms with E-state index in [4.69, 9.17) is 11.6 Å². The molecule has 31 heavy (non-hydrogen) atoms. The first-order valence-corrected chi connectivity index (χ1v) is 10.8. The summed E-state index contributed by atoms with van der Waals surface area (Å²) in [6.07, 6.45) is 1.58. The van der Waals surface area contributed by atoms with E-state index in [2.05, 4.69) is 16.4 Å². The molecule has 2 heterocycles. The number of hydrogen-bond acceptors (Lipinski definition) is 5. The molecule has 2 aromatic carbocycles. The molecule has 2 aromatic heterocycles. The molecule has 0 aliphatic rings. The third-order valence-corrected chi connectivity index (χ3v) is 6.04. The number of rotatable bonds is 6. The van der Waals surface area contributed by atoms with E-state index in [9.17, 15) is 14.9 Å². The molecule has 6 nitrogen and oxygen atoms in total. The lowest BCUT2D eigenvalue weighted by Crippen LogP contribution is -2.23. The first-order chi connectivity index (χ1) is 15.1. The van der Waals surface area contributed by atoms with E-state index in [1.165, 1.54) is 22.2 Å². The van der Waals surface area contributed by atoms with E-state index >= 15 is 0 Å². The molecule has 8 heteroatoms. The highest BCUT2D eigenvalue weighted by molar-refractivity contribution is 7.16. The van der Waals surface area contributed by atoms with Crippen molar-refractivity contribution >= 4 is 44.7 Å². The minimum Gasteiger partial charge on any atom is -0.326 e. The van der Waals surface area contributed by atoms with Crippen molar-refractivity contribution in [3.63, 3.8) is 0 Å². The second kappa shape index (κ2) is 9.13. The number of nitriles is 1. The van der Waals surface area contributed by atoms with Gasteiger partial charge in [0.2, 0.25) is 5.91 Å². The summed E-state index contributed by atoms with van der Waals surface area (Å²) in [6, 6.07) is 18.5. The van der Waals surface area contributed by atoms with Crippen molar-refractivity contribution in [2.75, 3.05) is 5.32 Å². The normalized spacial score (nSPS) is 11.7. The molecule has 1 atom stereocenters. The Bertz CT molecular complexity index is 1340. The fraction of sp³-hybridized carbons (Fsp3) is 0.130. The Morgan fingerprint density at radius 2 is 2.03 bits per heavy atom. The zero-order valence-corrected chi connectivity index (χ0v) is 17.9. The predicted molar refractivity (Wildman–Crippen MR) is 122 cm³/mol. The zero-order valence-electron chi connectivity index (χ0n) is 16.3. The van der Waals surface area contributed by atoms with Gasteiger partial charge < -0.3 is 5.32 Å². The lowest BCUT2D eigenvalue weighted by molar-refractivity contribution is -0.116. The molecule has 0 radical (unpaired) electrons. The van der Waals surface area contributed by atoms with Gasteiger partial charge in [0.15, 0.2) is 0 Å². The van der Waals surface area contributed by atoms with Crippen molar-refractivity contribution in [1.29, 1.82) is 5.26 Å². The van der Waals surface area contributed by atoms with Crippen molar-refractivity contribution in [2.45, 2.75) is 18.9 Å². The van der Waals surface area contributed by atoms with Crippen LogP contribution in [0, 0.1) is 11.3 Å². The number of hydrogen-bond donors (Lipinski definition) is 1. The Kier molecular flexibility index (Phi) is 6.12. The summed E-state index contributed by atoms with van der Waals surface area (Å²) >= 11 is 7.82. The number of carbonyl (C=O) groups is 1. The number of benzene rings is 2. The molecule has 0 saturated heterocycles. The van der Waals surface area contributed by atoms with E-state index in [1.807, 2.05) is 35.7 Å². The van der Waals surface area contributed by atoms with Gasteiger partial charge in [-0.05, 0) is 34.7 Å². The molecule has 0 fully saturated rings. The molecular formula is C23H17ClN4O2S. The molecule has 1 N–H and O–H groups in total. The summed E-state index contributed by atoms with van der Waals surface area (Å²) in [5, 5.41) is 15.2. The van der Waals surface area contributed by atoms with Gasteiger partial charge in [0.25, 0.3) is 5.56 Å². The van der Waals surface area contributed by atoms with Crippen LogP contribution in [0.3, 0.4) is 0 Å². The molecule has 0 aliphatic carbocycles. The molecule has 4 aromatic rings. The van der Waals surface area contributed by atoms with Crippen LogP contribution < -0.4 is 10.9 Å². The summed E-state index contributed by atoms with van der Waals surface area (Å²) in [4.78, 5) is 29.7. The van der Waals surface area contributed by atoms with E-state index in [-0.39, 0.29) is 24.4 Å². The van der Waals surface area contributed by atoms with Crippen LogP contribution in [-0.4, -0.2) is 15.5 Å². The lowest BCUT2D eigenvalue weighted by atomic mass is 9.92. The second-order valence-corrected chi connectivity index (χ2v) is 8.19.